The zero-order valence-corrected chi connectivity index (χ0v) is 15.0. The number of furan rings is 1. The van der Waals surface area contributed by atoms with E-state index in [-0.39, 0.29) is 29.4 Å². The normalized spacial score (nSPS) is 14.8. The maximum atomic E-state index is 13.4. The summed E-state index contributed by atoms with van der Waals surface area (Å²) in [5, 5.41) is 7.19. The summed E-state index contributed by atoms with van der Waals surface area (Å²) in [6, 6.07) is 9.21. The molecule has 0 atom stereocenters. The highest BCUT2D eigenvalue weighted by Gasteiger charge is 2.25. The fraction of sp³-hybridized carbons (Fsp3) is 0.250. The Balaban J connectivity index is 1.33. The minimum Gasteiger partial charge on any atom is -0.472 e. The lowest BCUT2D eigenvalue weighted by atomic mass is 10.0. The Morgan fingerprint density at radius 3 is 2.71 bits per heavy atom. The van der Waals surface area contributed by atoms with Crippen LogP contribution in [0, 0.1) is 5.82 Å². The number of rotatable bonds is 4. The zero-order chi connectivity index (χ0) is 19.5. The van der Waals surface area contributed by atoms with E-state index in [9.17, 15) is 14.0 Å². The van der Waals surface area contributed by atoms with E-state index < -0.39 is 0 Å². The first kappa shape index (κ1) is 18.0. The zero-order valence-electron chi connectivity index (χ0n) is 15.0. The fourth-order valence-corrected chi connectivity index (χ4v) is 3.26. The van der Waals surface area contributed by atoms with E-state index in [1.165, 1.54) is 29.3 Å². The van der Waals surface area contributed by atoms with Gasteiger partial charge in [-0.2, -0.15) is 5.10 Å². The number of nitrogens with zero attached hydrogens (tertiary/aromatic N) is 3. The number of likely N-dealkylation sites (tertiary alicyclic amines) is 1. The maximum Gasteiger partial charge on any atom is 0.272 e. The highest BCUT2D eigenvalue weighted by molar-refractivity contribution is 5.94. The van der Waals surface area contributed by atoms with Crippen LogP contribution in [0.2, 0.25) is 0 Å². The minimum absolute atomic E-state index is 0.0276. The van der Waals surface area contributed by atoms with E-state index in [0.717, 1.165) is 0 Å². The highest BCUT2D eigenvalue weighted by Crippen LogP contribution is 2.15. The lowest BCUT2D eigenvalue weighted by Crippen LogP contribution is -2.46. The van der Waals surface area contributed by atoms with E-state index in [1.807, 2.05) is 0 Å². The van der Waals surface area contributed by atoms with Gasteiger partial charge in [-0.1, -0.05) is 6.07 Å². The molecule has 3 aromatic rings. The van der Waals surface area contributed by atoms with Crippen LogP contribution in [0.4, 0.5) is 4.39 Å². The average Bonchev–Trinajstić information content (AvgIpc) is 3.40. The number of hydrogen-bond donors (Lipinski definition) is 1. The average molecular weight is 382 g/mol. The number of nitrogens with one attached hydrogen (secondary N) is 1. The number of aromatic nitrogens is 2. The molecule has 0 spiro atoms. The summed E-state index contributed by atoms with van der Waals surface area (Å²) < 4.78 is 19.8. The summed E-state index contributed by atoms with van der Waals surface area (Å²) in [5.74, 6) is -0.710. The molecule has 1 aromatic carbocycles. The summed E-state index contributed by atoms with van der Waals surface area (Å²) in [4.78, 5) is 26.5. The predicted octanol–water partition coefficient (Wildman–Crippen LogP) is 2.64. The van der Waals surface area contributed by atoms with Crippen LogP contribution in [0.1, 0.15) is 33.7 Å². The Kier molecular flexibility index (Phi) is 4.92. The summed E-state index contributed by atoms with van der Waals surface area (Å²) in [5.41, 5.74) is 1.34. The van der Waals surface area contributed by atoms with Crippen LogP contribution >= 0.6 is 0 Å². The van der Waals surface area contributed by atoms with Crippen molar-refractivity contribution in [1.82, 2.24) is 20.0 Å². The van der Waals surface area contributed by atoms with Gasteiger partial charge in [-0.25, -0.2) is 9.07 Å². The first-order valence-corrected chi connectivity index (χ1v) is 9.04. The molecule has 0 radical (unpaired) electrons. The number of hydrogen-bond acceptors (Lipinski definition) is 4. The molecule has 1 saturated heterocycles. The van der Waals surface area contributed by atoms with Crippen molar-refractivity contribution in [3.63, 3.8) is 0 Å². The van der Waals surface area contributed by atoms with Gasteiger partial charge in [-0.3, -0.25) is 9.59 Å². The minimum atomic E-state index is -0.365. The van der Waals surface area contributed by atoms with Gasteiger partial charge in [-0.15, -0.1) is 0 Å². The van der Waals surface area contributed by atoms with Crippen molar-refractivity contribution < 1.29 is 18.4 Å². The number of halogens is 1. The molecule has 2 amide bonds. The Morgan fingerprint density at radius 1 is 1.18 bits per heavy atom. The van der Waals surface area contributed by atoms with Gasteiger partial charge >= 0.3 is 0 Å². The number of carbonyl (C=O) groups excluding carboxylic acids is 2. The van der Waals surface area contributed by atoms with E-state index in [0.29, 0.717) is 37.2 Å². The van der Waals surface area contributed by atoms with Crippen molar-refractivity contribution in [3.05, 3.63) is 72.2 Å². The highest BCUT2D eigenvalue weighted by atomic mass is 19.1. The van der Waals surface area contributed by atoms with Gasteiger partial charge in [0.15, 0.2) is 5.69 Å². The van der Waals surface area contributed by atoms with Crippen molar-refractivity contribution in [2.24, 2.45) is 0 Å². The number of carbonyl (C=O) groups is 2. The fourth-order valence-electron chi connectivity index (χ4n) is 3.26. The molecule has 1 N–H and O–H groups in total. The molecule has 0 saturated carbocycles. The second-order valence-corrected chi connectivity index (χ2v) is 6.68. The van der Waals surface area contributed by atoms with Crippen LogP contribution < -0.4 is 5.32 Å². The van der Waals surface area contributed by atoms with Crippen LogP contribution in [0.25, 0.3) is 5.69 Å². The van der Waals surface area contributed by atoms with E-state index in [1.54, 1.807) is 35.4 Å². The molecule has 144 valence electrons. The smallest absolute Gasteiger partial charge is 0.272 e. The van der Waals surface area contributed by atoms with Crippen molar-refractivity contribution in [3.8, 4) is 5.69 Å². The lowest BCUT2D eigenvalue weighted by molar-refractivity contribution is 0.0697. The van der Waals surface area contributed by atoms with Gasteiger partial charge in [0.25, 0.3) is 11.8 Å². The molecular formula is C20H19FN4O3. The molecular weight excluding hydrogens is 363 g/mol. The molecule has 1 aliphatic heterocycles. The molecule has 0 unspecified atom stereocenters. The summed E-state index contributed by atoms with van der Waals surface area (Å²) in [6.07, 6.45) is 5.87. The second kappa shape index (κ2) is 7.67. The molecule has 7 nitrogen and oxygen atoms in total. The molecule has 0 bridgehead atoms. The molecule has 28 heavy (non-hydrogen) atoms. The van der Waals surface area contributed by atoms with Crippen LogP contribution in [0.3, 0.4) is 0 Å². The Morgan fingerprint density at radius 2 is 2.00 bits per heavy atom. The quantitative estimate of drug-likeness (QED) is 0.752. The largest absolute Gasteiger partial charge is 0.472 e. The van der Waals surface area contributed by atoms with Gasteiger partial charge in [0.05, 0.1) is 17.5 Å². The van der Waals surface area contributed by atoms with Crippen molar-refractivity contribution >= 4 is 11.8 Å². The third-order valence-corrected chi connectivity index (χ3v) is 4.78. The number of amides is 2. The molecule has 4 rings (SSSR count). The number of benzene rings is 1. The van der Waals surface area contributed by atoms with Crippen molar-refractivity contribution in [2.45, 2.75) is 18.9 Å². The first-order valence-electron chi connectivity index (χ1n) is 9.04. The summed E-state index contributed by atoms with van der Waals surface area (Å²) >= 11 is 0. The Labute approximate surface area is 160 Å². The molecule has 2 aromatic heterocycles. The standard InChI is InChI=1S/C20H19FN4O3/c21-15-2-1-3-17(12-15)25-10-6-18(23-25)19(26)22-16-4-8-24(9-5-16)20(27)14-7-11-28-13-14/h1-3,6-7,10-13,16H,4-5,8-9H2,(H,22,26). The van der Waals surface area contributed by atoms with Gasteiger partial charge in [-0.05, 0) is 43.2 Å². The van der Waals surface area contributed by atoms with Crippen LogP contribution in [0.15, 0.2) is 59.5 Å². The van der Waals surface area contributed by atoms with Crippen LogP contribution in [-0.4, -0.2) is 45.6 Å². The third-order valence-electron chi connectivity index (χ3n) is 4.78. The summed E-state index contributed by atoms with van der Waals surface area (Å²) in [7, 11) is 0. The lowest BCUT2D eigenvalue weighted by Gasteiger charge is -2.32. The molecule has 1 fully saturated rings. The third kappa shape index (κ3) is 3.80. The molecule has 1 aliphatic rings. The van der Waals surface area contributed by atoms with E-state index in [2.05, 4.69) is 10.4 Å². The monoisotopic (exact) mass is 382 g/mol. The van der Waals surface area contributed by atoms with Crippen LogP contribution in [-0.2, 0) is 0 Å². The van der Waals surface area contributed by atoms with E-state index >= 15 is 0 Å². The van der Waals surface area contributed by atoms with Crippen molar-refractivity contribution in [1.29, 1.82) is 0 Å². The van der Waals surface area contributed by atoms with Gasteiger partial charge in [0.2, 0.25) is 0 Å². The van der Waals surface area contributed by atoms with Gasteiger partial charge < -0.3 is 14.6 Å². The summed E-state index contributed by atoms with van der Waals surface area (Å²) in [6.45, 7) is 1.12. The first-order chi connectivity index (χ1) is 13.6. The SMILES string of the molecule is O=C(NC1CCN(C(=O)c2ccoc2)CC1)c1ccn(-c2cccc(F)c2)n1. The number of piperidine rings is 1. The second-order valence-electron chi connectivity index (χ2n) is 6.68. The molecule has 0 aliphatic carbocycles. The maximum absolute atomic E-state index is 13.4. The van der Waals surface area contributed by atoms with Gasteiger partial charge in [0, 0.05) is 25.3 Å². The topological polar surface area (TPSA) is 80.4 Å². The van der Waals surface area contributed by atoms with Crippen LogP contribution in [0.5, 0.6) is 0 Å². The molecule has 3 heterocycles. The van der Waals surface area contributed by atoms with Gasteiger partial charge in [0.1, 0.15) is 12.1 Å². The Hall–Kier alpha value is -3.42. The predicted molar refractivity (Wildman–Crippen MR) is 98.6 cm³/mol. The Bertz CT molecular complexity index is 975. The van der Waals surface area contributed by atoms with Crippen molar-refractivity contribution in [2.75, 3.05) is 13.1 Å². The molecule has 8 heteroatoms. The van der Waals surface area contributed by atoms with E-state index in [4.69, 9.17) is 4.42 Å².